The summed E-state index contributed by atoms with van der Waals surface area (Å²) in [5.41, 5.74) is 0.824. The topological polar surface area (TPSA) is 84.5 Å². The molecule has 2 aromatic rings. The number of amides is 2. The SMILES string of the molecule is CCOC(=O)c1cccc(NC(=O)C(NC(=O)c2cccs2)C(C)C)c1. The number of hydrogen-bond acceptors (Lipinski definition) is 5. The highest BCUT2D eigenvalue weighted by Crippen LogP contribution is 2.15. The molecule has 1 heterocycles. The maximum atomic E-state index is 12.6. The van der Waals surface area contributed by atoms with Crippen LogP contribution in [0.25, 0.3) is 0 Å². The Morgan fingerprint density at radius 1 is 1.15 bits per heavy atom. The minimum Gasteiger partial charge on any atom is -0.462 e. The van der Waals surface area contributed by atoms with Gasteiger partial charge in [0.15, 0.2) is 0 Å². The average Bonchev–Trinajstić information content (AvgIpc) is 3.14. The minimum absolute atomic E-state index is 0.104. The number of carbonyl (C=O) groups is 3. The van der Waals surface area contributed by atoms with Gasteiger partial charge in [0, 0.05) is 5.69 Å². The molecule has 26 heavy (non-hydrogen) atoms. The number of nitrogens with one attached hydrogen (secondary N) is 2. The van der Waals surface area contributed by atoms with Crippen molar-refractivity contribution in [2.75, 3.05) is 11.9 Å². The Labute approximate surface area is 156 Å². The summed E-state index contributed by atoms with van der Waals surface area (Å²) in [5.74, 6) is -1.18. The van der Waals surface area contributed by atoms with E-state index >= 15 is 0 Å². The zero-order valence-electron chi connectivity index (χ0n) is 14.9. The molecule has 0 aliphatic carbocycles. The van der Waals surface area contributed by atoms with E-state index in [0.29, 0.717) is 16.1 Å². The van der Waals surface area contributed by atoms with Crippen molar-refractivity contribution in [3.8, 4) is 0 Å². The molecule has 1 atom stereocenters. The first kappa shape index (κ1) is 19.7. The molecule has 0 saturated carbocycles. The summed E-state index contributed by atoms with van der Waals surface area (Å²) in [6.07, 6.45) is 0. The third kappa shape index (κ3) is 5.16. The molecule has 7 heteroatoms. The summed E-state index contributed by atoms with van der Waals surface area (Å²) in [4.78, 5) is 37.2. The average molecular weight is 374 g/mol. The van der Waals surface area contributed by atoms with E-state index < -0.39 is 12.0 Å². The van der Waals surface area contributed by atoms with Crippen molar-refractivity contribution in [1.82, 2.24) is 5.32 Å². The second-order valence-electron chi connectivity index (χ2n) is 5.96. The van der Waals surface area contributed by atoms with E-state index in [1.807, 2.05) is 13.8 Å². The van der Waals surface area contributed by atoms with Crippen LogP contribution in [0.2, 0.25) is 0 Å². The number of anilines is 1. The van der Waals surface area contributed by atoms with Gasteiger partial charge < -0.3 is 15.4 Å². The third-order valence-corrected chi connectivity index (χ3v) is 4.49. The van der Waals surface area contributed by atoms with E-state index in [0.717, 1.165) is 0 Å². The smallest absolute Gasteiger partial charge is 0.338 e. The second kappa shape index (κ2) is 9.15. The number of thiophene rings is 1. The van der Waals surface area contributed by atoms with Crippen molar-refractivity contribution in [1.29, 1.82) is 0 Å². The van der Waals surface area contributed by atoms with Gasteiger partial charge in [-0.2, -0.15) is 0 Å². The van der Waals surface area contributed by atoms with Crippen LogP contribution in [-0.2, 0) is 9.53 Å². The van der Waals surface area contributed by atoms with Gasteiger partial charge in [-0.3, -0.25) is 9.59 Å². The van der Waals surface area contributed by atoms with Gasteiger partial charge in [0.1, 0.15) is 6.04 Å². The van der Waals surface area contributed by atoms with E-state index in [4.69, 9.17) is 4.74 Å². The Hall–Kier alpha value is -2.67. The number of benzene rings is 1. The molecule has 0 spiro atoms. The molecular weight excluding hydrogens is 352 g/mol. The Morgan fingerprint density at radius 3 is 2.54 bits per heavy atom. The number of hydrogen-bond donors (Lipinski definition) is 2. The van der Waals surface area contributed by atoms with Crippen LogP contribution < -0.4 is 10.6 Å². The zero-order chi connectivity index (χ0) is 19.1. The van der Waals surface area contributed by atoms with Gasteiger partial charge in [-0.1, -0.05) is 26.0 Å². The van der Waals surface area contributed by atoms with E-state index in [9.17, 15) is 14.4 Å². The summed E-state index contributed by atoms with van der Waals surface area (Å²) < 4.78 is 4.96. The molecule has 1 unspecified atom stereocenters. The molecule has 0 saturated heterocycles. The lowest BCUT2D eigenvalue weighted by Gasteiger charge is -2.21. The predicted molar refractivity (Wildman–Crippen MR) is 101 cm³/mol. The van der Waals surface area contributed by atoms with Gasteiger partial charge in [0.2, 0.25) is 5.91 Å². The van der Waals surface area contributed by atoms with Crippen LogP contribution in [0.3, 0.4) is 0 Å². The van der Waals surface area contributed by atoms with Crippen molar-refractivity contribution in [2.45, 2.75) is 26.8 Å². The number of ether oxygens (including phenoxy) is 1. The first-order chi connectivity index (χ1) is 12.4. The van der Waals surface area contributed by atoms with Crippen molar-refractivity contribution in [3.05, 3.63) is 52.2 Å². The van der Waals surface area contributed by atoms with Crippen molar-refractivity contribution < 1.29 is 19.1 Å². The Bertz CT molecular complexity index is 772. The van der Waals surface area contributed by atoms with Gasteiger partial charge in [-0.25, -0.2) is 4.79 Å². The molecule has 0 fully saturated rings. The predicted octanol–water partition coefficient (Wildman–Crippen LogP) is 3.32. The van der Waals surface area contributed by atoms with Crippen molar-refractivity contribution in [3.63, 3.8) is 0 Å². The van der Waals surface area contributed by atoms with E-state index in [1.54, 1.807) is 48.7 Å². The lowest BCUT2D eigenvalue weighted by molar-refractivity contribution is -0.118. The molecule has 2 amide bonds. The Morgan fingerprint density at radius 2 is 1.92 bits per heavy atom. The largest absolute Gasteiger partial charge is 0.462 e. The van der Waals surface area contributed by atoms with Crippen LogP contribution in [0.5, 0.6) is 0 Å². The lowest BCUT2D eigenvalue weighted by Crippen LogP contribution is -2.46. The summed E-state index contributed by atoms with van der Waals surface area (Å²) in [5, 5.41) is 7.32. The maximum Gasteiger partial charge on any atom is 0.338 e. The lowest BCUT2D eigenvalue weighted by atomic mass is 10.0. The first-order valence-electron chi connectivity index (χ1n) is 8.34. The molecule has 0 aliphatic rings. The summed E-state index contributed by atoms with van der Waals surface area (Å²) >= 11 is 1.32. The summed E-state index contributed by atoms with van der Waals surface area (Å²) in [6.45, 7) is 5.72. The highest BCUT2D eigenvalue weighted by atomic mass is 32.1. The minimum atomic E-state index is -0.698. The van der Waals surface area contributed by atoms with E-state index in [1.165, 1.54) is 11.3 Å². The van der Waals surface area contributed by atoms with Crippen LogP contribution in [0.1, 0.15) is 40.8 Å². The van der Waals surface area contributed by atoms with Crippen LogP contribution in [-0.4, -0.2) is 30.4 Å². The first-order valence-corrected chi connectivity index (χ1v) is 9.22. The number of carbonyl (C=O) groups excluding carboxylic acids is 3. The molecule has 2 rings (SSSR count). The molecule has 138 valence electrons. The number of rotatable bonds is 7. The highest BCUT2D eigenvalue weighted by Gasteiger charge is 2.25. The standard InChI is InChI=1S/C19H22N2O4S/c1-4-25-19(24)13-7-5-8-14(11-13)20-18(23)16(12(2)3)21-17(22)15-9-6-10-26-15/h5-12,16H,4H2,1-3H3,(H,20,23)(H,21,22). The molecular formula is C19H22N2O4S. The van der Waals surface area contributed by atoms with Crippen molar-refractivity contribution >= 4 is 34.8 Å². The highest BCUT2D eigenvalue weighted by molar-refractivity contribution is 7.12. The van der Waals surface area contributed by atoms with E-state index in [2.05, 4.69) is 10.6 Å². The molecule has 0 radical (unpaired) electrons. The van der Waals surface area contributed by atoms with Crippen molar-refractivity contribution in [2.24, 2.45) is 5.92 Å². The van der Waals surface area contributed by atoms with Gasteiger partial charge in [0.05, 0.1) is 17.0 Å². The Kier molecular flexibility index (Phi) is 6.91. The summed E-state index contributed by atoms with van der Waals surface area (Å²) in [7, 11) is 0. The normalized spacial score (nSPS) is 11.7. The van der Waals surface area contributed by atoms with Gasteiger partial charge in [-0.05, 0) is 42.5 Å². The van der Waals surface area contributed by atoms with Crippen LogP contribution >= 0.6 is 11.3 Å². The molecule has 1 aromatic carbocycles. The Balaban J connectivity index is 2.09. The number of esters is 1. The maximum absolute atomic E-state index is 12.6. The second-order valence-corrected chi connectivity index (χ2v) is 6.91. The molecule has 2 N–H and O–H groups in total. The zero-order valence-corrected chi connectivity index (χ0v) is 15.8. The summed E-state index contributed by atoms with van der Waals surface area (Å²) in [6, 6.07) is 9.30. The molecule has 0 aliphatic heterocycles. The fourth-order valence-corrected chi connectivity index (χ4v) is 2.94. The van der Waals surface area contributed by atoms with Gasteiger partial charge in [-0.15, -0.1) is 11.3 Å². The van der Waals surface area contributed by atoms with Gasteiger partial charge >= 0.3 is 5.97 Å². The fraction of sp³-hybridized carbons (Fsp3) is 0.316. The third-order valence-electron chi connectivity index (χ3n) is 3.62. The molecule has 1 aromatic heterocycles. The van der Waals surface area contributed by atoms with Crippen LogP contribution in [0.4, 0.5) is 5.69 Å². The molecule has 0 bridgehead atoms. The van der Waals surface area contributed by atoms with Gasteiger partial charge in [0.25, 0.3) is 5.91 Å². The van der Waals surface area contributed by atoms with E-state index in [-0.39, 0.29) is 24.3 Å². The van der Waals surface area contributed by atoms with Crippen LogP contribution in [0.15, 0.2) is 41.8 Å². The molecule has 6 nitrogen and oxygen atoms in total. The van der Waals surface area contributed by atoms with Crippen LogP contribution in [0, 0.1) is 5.92 Å². The monoisotopic (exact) mass is 374 g/mol. The quantitative estimate of drug-likeness (QED) is 0.728. The fourth-order valence-electron chi connectivity index (χ4n) is 2.31.